The third kappa shape index (κ3) is 4.48. The van der Waals surface area contributed by atoms with Crippen LogP contribution < -0.4 is 10.5 Å². The molecule has 0 bridgehead atoms. The molecule has 4 heteroatoms. The molecule has 0 unspecified atom stereocenters. The van der Waals surface area contributed by atoms with Gasteiger partial charge in [-0.15, -0.1) is 11.8 Å². The highest BCUT2D eigenvalue weighted by atomic mass is 79.9. The second-order valence-corrected chi connectivity index (χ2v) is 6.19. The molecule has 0 amide bonds. The van der Waals surface area contributed by atoms with Crippen LogP contribution in [0.2, 0.25) is 0 Å². The largest absolute Gasteiger partial charge is 0.493 e. The van der Waals surface area contributed by atoms with E-state index in [9.17, 15) is 0 Å². The smallest absolute Gasteiger partial charge is 0.119 e. The van der Waals surface area contributed by atoms with Crippen molar-refractivity contribution in [2.45, 2.75) is 11.8 Å². The summed E-state index contributed by atoms with van der Waals surface area (Å²) in [7, 11) is 0. The average Bonchev–Trinajstić information content (AvgIpc) is 2.39. The fourth-order valence-electron chi connectivity index (χ4n) is 1.58. The molecule has 0 saturated carbocycles. The lowest BCUT2D eigenvalue weighted by atomic mass is 10.2. The van der Waals surface area contributed by atoms with E-state index in [0.717, 1.165) is 21.7 Å². The Morgan fingerprint density at radius 3 is 2.58 bits per heavy atom. The Bertz CT molecular complexity index is 542. The van der Waals surface area contributed by atoms with Crippen molar-refractivity contribution in [1.29, 1.82) is 0 Å². The van der Waals surface area contributed by atoms with Gasteiger partial charge in [0.2, 0.25) is 0 Å². The zero-order chi connectivity index (χ0) is 13.7. The van der Waals surface area contributed by atoms with Crippen molar-refractivity contribution in [2.24, 2.45) is 0 Å². The number of rotatable bonds is 5. The van der Waals surface area contributed by atoms with Gasteiger partial charge >= 0.3 is 0 Å². The fraction of sp³-hybridized carbons (Fsp3) is 0.200. The predicted octanol–water partition coefficient (Wildman–Crippen LogP) is 4.51. The van der Waals surface area contributed by atoms with Crippen molar-refractivity contribution in [3.63, 3.8) is 0 Å². The highest BCUT2D eigenvalue weighted by molar-refractivity contribution is 9.10. The first-order valence-electron chi connectivity index (χ1n) is 6.02. The second-order valence-electron chi connectivity index (χ2n) is 4.20. The summed E-state index contributed by atoms with van der Waals surface area (Å²) in [5, 5.41) is 0. The zero-order valence-corrected chi connectivity index (χ0v) is 13.1. The number of benzene rings is 2. The van der Waals surface area contributed by atoms with Crippen LogP contribution in [-0.2, 0) is 0 Å². The molecule has 2 aromatic carbocycles. The van der Waals surface area contributed by atoms with Crippen LogP contribution in [0.15, 0.2) is 51.8 Å². The number of hydrogen-bond donors (Lipinski definition) is 1. The Labute approximate surface area is 126 Å². The quantitative estimate of drug-likeness (QED) is 0.495. The maximum Gasteiger partial charge on any atom is 0.119 e. The Hall–Kier alpha value is -1.13. The van der Waals surface area contributed by atoms with Crippen LogP contribution in [0.5, 0.6) is 5.75 Å². The number of hydrogen-bond acceptors (Lipinski definition) is 3. The molecule has 0 aliphatic carbocycles. The number of ether oxygens (including phenoxy) is 1. The van der Waals surface area contributed by atoms with Gasteiger partial charge in [-0.25, -0.2) is 0 Å². The first-order valence-corrected chi connectivity index (χ1v) is 7.80. The van der Waals surface area contributed by atoms with E-state index in [1.807, 2.05) is 30.3 Å². The van der Waals surface area contributed by atoms with Gasteiger partial charge < -0.3 is 10.5 Å². The number of anilines is 1. The Balaban J connectivity index is 1.79. The molecule has 2 nitrogen and oxygen atoms in total. The molecule has 100 valence electrons. The summed E-state index contributed by atoms with van der Waals surface area (Å²) in [5.41, 5.74) is 7.72. The molecule has 19 heavy (non-hydrogen) atoms. The SMILES string of the molecule is Cc1ccc(OCCSc2ccc(N)cc2Br)cc1. The van der Waals surface area contributed by atoms with Crippen LogP contribution >= 0.6 is 27.7 Å². The predicted molar refractivity (Wildman–Crippen MR) is 86.0 cm³/mol. The van der Waals surface area contributed by atoms with Gasteiger partial charge in [-0.1, -0.05) is 17.7 Å². The zero-order valence-electron chi connectivity index (χ0n) is 10.7. The van der Waals surface area contributed by atoms with Gasteiger partial charge in [0.05, 0.1) is 6.61 Å². The standard InChI is InChI=1S/C15H16BrNOS/c1-11-2-5-13(6-3-11)18-8-9-19-15-7-4-12(17)10-14(15)16/h2-7,10H,8-9,17H2,1H3. The van der Waals surface area contributed by atoms with Crippen LogP contribution in [0.25, 0.3) is 0 Å². The molecule has 0 heterocycles. The monoisotopic (exact) mass is 337 g/mol. The maximum atomic E-state index is 5.71. The highest BCUT2D eigenvalue weighted by Crippen LogP contribution is 2.29. The van der Waals surface area contributed by atoms with Gasteiger partial charge in [0, 0.05) is 20.8 Å². The average molecular weight is 338 g/mol. The number of thioether (sulfide) groups is 1. The van der Waals surface area contributed by atoms with Crippen LogP contribution in [0, 0.1) is 6.92 Å². The van der Waals surface area contributed by atoms with Crippen LogP contribution in [0.3, 0.4) is 0 Å². The van der Waals surface area contributed by atoms with Crippen LogP contribution in [0.4, 0.5) is 5.69 Å². The summed E-state index contributed by atoms with van der Waals surface area (Å²) in [6.45, 7) is 2.75. The summed E-state index contributed by atoms with van der Waals surface area (Å²) in [6, 6.07) is 14.0. The van der Waals surface area contributed by atoms with E-state index in [4.69, 9.17) is 10.5 Å². The number of aryl methyl sites for hydroxylation is 1. The molecule has 2 rings (SSSR count). The molecule has 0 atom stereocenters. The maximum absolute atomic E-state index is 5.71. The van der Waals surface area contributed by atoms with E-state index < -0.39 is 0 Å². The number of halogens is 1. The fourth-order valence-corrected chi connectivity index (χ4v) is 3.07. The minimum Gasteiger partial charge on any atom is -0.493 e. The van der Waals surface area contributed by atoms with Crippen molar-refractivity contribution in [3.05, 3.63) is 52.5 Å². The molecule has 0 fully saturated rings. The van der Waals surface area contributed by atoms with Crippen molar-refractivity contribution >= 4 is 33.4 Å². The number of nitrogens with two attached hydrogens (primary N) is 1. The lowest BCUT2D eigenvalue weighted by Gasteiger charge is -2.07. The van der Waals surface area contributed by atoms with E-state index in [0.29, 0.717) is 6.61 Å². The highest BCUT2D eigenvalue weighted by Gasteiger charge is 2.01. The molecule has 0 aliphatic heterocycles. The molecule has 0 aromatic heterocycles. The topological polar surface area (TPSA) is 35.2 Å². The van der Waals surface area contributed by atoms with E-state index in [1.54, 1.807) is 11.8 Å². The van der Waals surface area contributed by atoms with E-state index >= 15 is 0 Å². The molecule has 2 N–H and O–H groups in total. The molecule has 0 radical (unpaired) electrons. The molecular formula is C15H16BrNOS. The first kappa shape index (κ1) is 14.3. The molecule has 0 spiro atoms. The van der Waals surface area contributed by atoms with E-state index in [2.05, 4.69) is 35.0 Å². The number of nitrogen functional groups attached to an aromatic ring is 1. The Morgan fingerprint density at radius 2 is 1.89 bits per heavy atom. The molecule has 0 saturated heterocycles. The summed E-state index contributed by atoms with van der Waals surface area (Å²) < 4.78 is 6.72. The Morgan fingerprint density at radius 1 is 1.16 bits per heavy atom. The van der Waals surface area contributed by atoms with Gasteiger partial charge in [0.15, 0.2) is 0 Å². The van der Waals surface area contributed by atoms with Gasteiger partial charge in [-0.2, -0.15) is 0 Å². The minimum atomic E-state index is 0.685. The third-order valence-electron chi connectivity index (χ3n) is 2.59. The lowest BCUT2D eigenvalue weighted by molar-refractivity contribution is 0.344. The van der Waals surface area contributed by atoms with Crippen molar-refractivity contribution in [3.8, 4) is 5.75 Å². The van der Waals surface area contributed by atoms with Gasteiger partial charge in [-0.05, 0) is 53.2 Å². The molecule has 2 aromatic rings. The summed E-state index contributed by atoms with van der Waals surface area (Å²) in [4.78, 5) is 1.18. The van der Waals surface area contributed by atoms with E-state index in [1.165, 1.54) is 10.5 Å². The summed E-state index contributed by atoms with van der Waals surface area (Å²) in [5.74, 6) is 1.82. The van der Waals surface area contributed by atoms with Crippen molar-refractivity contribution in [1.82, 2.24) is 0 Å². The lowest BCUT2D eigenvalue weighted by Crippen LogP contribution is -2.00. The second kappa shape index (κ2) is 6.87. The van der Waals surface area contributed by atoms with Crippen LogP contribution in [0.1, 0.15) is 5.56 Å². The Kier molecular flexibility index (Phi) is 5.16. The van der Waals surface area contributed by atoms with E-state index in [-0.39, 0.29) is 0 Å². The van der Waals surface area contributed by atoms with Gasteiger partial charge in [0.1, 0.15) is 5.75 Å². The van der Waals surface area contributed by atoms with Crippen molar-refractivity contribution < 1.29 is 4.74 Å². The first-order chi connectivity index (χ1) is 9.15. The normalized spacial score (nSPS) is 10.4. The van der Waals surface area contributed by atoms with Gasteiger partial charge in [-0.3, -0.25) is 0 Å². The van der Waals surface area contributed by atoms with Gasteiger partial charge in [0.25, 0.3) is 0 Å². The molecule has 0 aliphatic rings. The minimum absolute atomic E-state index is 0.685. The van der Waals surface area contributed by atoms with Crippen molar-refractivity contribution in [2.75, 3.05) is 18.1 Å². The summed E-state index contributed by atoms with van der Waals surface area (Å²) >= 11 is 5.26. The van der Waals surface area contributed by atoms with Crippen LogP contribution in [-0.4, -0.2) is 12.4 Å². The third-order valence-corrected chi connectivity index (χ3v) is 4.54. The molecular weight excluding hydrogens is 322 g/mol. The summed E-state index contributed by atoms with van der Waals surface area (Å²) in [6.07, 6.45) is 0.